The fourth-order valence-electron chi connectivity index (χ4n) is 3.54. The van der Waals surface area contributed by atoms with E-state index in [-0.39, 0.29) is 10.9 Å². The molecule has 0 aliphatic carbocycles. The van der Waals surface area contributed by atoms with Crippen molar-refractivity contribution in [2.75, 3.05) is 6.54 Å². The summed E-state index contributed by atoms with van der Waals surface area (Å²) in [6.45, 7) is 5.91. The van der Waals surface area contributed by atoms with Crippen LogP contribution in [0.4, 0.5) is 0 Å². The zero-order valence-electron chi connectivity index (χ0n) is 14.4. The number of hydrogen-bond acceptors (Lipinski definition) is 4. The van der Waals surface area contributed by atoms with Crippen molar-refractivity contribution in [3.05, 3.63) is 46.8 Å². The van der Waals surface area contributed by atoms with Crippen molar-refractivity contribution < 1.29 is 12.9 Å². The summed E-state index contributed by atoms with van der Waals surface area (Å²) < 4.78 is 33.4. The van der Waals surface area contributed by atoms with Crippen molar-refractivity contribution >= 4 is 10.0 Å². The van der Waals surface area contributed by atoms with Crippen molar-refractivity contribution in [3.8, 4) is 0 Å². The molecule has 6 heteroatoms. The van der Waals surface area contributed by atoms with E-state index < -0.39 is 10.0 Å². The van der Waals surface area contributed by atoms with Crippen LogP contribution >= 0.6 is 0 Å². The summed E-state index contributed by atoms with van der Waals surface area (Å²) in [5.74, 6) is 0.361. The molecule has 130 valence electrons. The highest BCUT2D eigenvalue weighted by molar-refractivity contribution is 7.89. The maximum Gasteiger partial charge on any atom is 0.249 e. The second-order valence-electron chi connectivity index (χ2n) is 6.55. The van der Waals surface area contributed by atoms with Crippen LogP contribution in [0.5, 0.6) is 0 Å². The number of aryl methyl sites for hydroxylation is 3. The maximum absolute atomic E-state index is 13.3. The molecule has 1 fully saturated rings. The molecule has 1 atom stereocenters. The molecular formula is C18H24N2O3S. The molecule has 0 N–H and O–H groups in total. The van der Waals surface area contributed by atoms with Gasteiger partial charge in [-0.3, -0.25) is 0 Å². The zero-order chi connectivity index (χ0) is 17.3. The van der Waals surface area contributed by atoms with Crippen LogP contribution in [-0.2, 0) is 10.0 Å². The molecule has 24 heavy (non-hydrogen) atoms. The zero-order valence-corrected chi connectivity index (χ0v) is 15.3. The maximum atomic E-state index is 13.3. The molecule has 0 bridgehead atoms. The SMILES string of the molecule is Cc1cccc([C@H]2CCCCCN2S(=O)(=O)c2c(C)noc2C)c1. The summed E-state index contributed by atoms with van der Waals surface area (Å²) >= 11 is 0. The first-order valence-electron chi connectivity index (χ1n) is 8.42. The Morgan fingerprint density at radius 3 is 2.62 bits per heavy atom. The van der Waals surface area contributed by atoms with Crippen molar-refractivity contribution in [2.24, 2.45) is 0 Å². The average molecular weight is 348 g/mol. The summed E-state index contributed by atoms with van der Waals surface area (Å²) in [4.78, 5) is 0.224. The number of benzene rings is 1. The highest BCUT2D eigenvalue weighted by Gasteiger charge is 2.36. The molecule has 2 heterocycles. The predicted molar refractivity (Wildman–Crippen MR) is 92.3 cm³/mol. The van der Waals surface area contributed by atoms with Crippen LogP contribution in [0.1, 0.15) is 54.3 Å². The van der Waals surface area contributed by atoms with Gasteiger partial charge in [0, 0.05) is 6.54 Å². The number of nitrogens with zero attached hydrogens (tertiary/aromatic N) is 2. The molecule has 1 saturated heterocycles. The van der Waals surface area contributed by atoms with Crippen molar-refractivity contribution in [1.29, 1.82) is 0 Å². The lowest BCUT2D eigenvalue weighted by Gasteiger charge is -2.29. The standard InChI is InChI=1S/C18H24N2O3S/c1-13-8-7-9-16(12-13)17-10-5-4-6-11-20(17)24(21,22)18-14(2)19-23-15(18)3/h7-9,12,17H,4-6,10-11H2,1-3H3/t17-/m1/s1. The van der Waals surface area contributed by atoms with Crippen LogP contribution in [0.2, 0.25) is 0 Å². The van der Waals surface area contributed by atoms with Crippen LogP contribution in [0.25, 0.3) is 0 Å². The smallest absolute Gasteiger partial charge is 0.249 e. The third-order valence-electron chi connectivity index (χ3n) is 4.67. The van der Waals surface area contributed by atoms with Crippen LogP contribution in [0.15, 0.2) is 33.7 Å². The largest absolute Gasteiger partial charge is 0.360 e. The van der Waals surface area contributed by atoms with E-state index in [1.807, 2.05) is 25.1 Å². The summed E-state index contributed by atoms with van der Waals surface area (Å²) in [5, 5.41) is 3.83. The van der Waals surface area contributed by atoms with Gasteiger partial charge in [-0.25, -0.2) is 8.42 Å². The predicted octanol–water partition coefficient (Wildman–Crippen LogP) is 3.91. The van der Waals surface area contributed by atoms with Crippen LogP contribution in [0, 0.1) is 20.8 Å². The minimum atomic E-state index is -3.64. The van der Waals surface area contributed by atoms with Gasteiger partial charge in [-0.05, 0) is 39.2 Å². The molecule has 0 amide bonds. The van der Waals surface area contributed by atoms with E-state index in [1.165, 1.54) is 0 Å². The first kappa shape index (κ1) is 17.2. The van der Waals surface area contributed by atoms with E-state index in [4.69, 9.17) is 4.52 Å². The molecule has 1 aromatic carbocycles. The minimum Gasteiger partial charge on any atom is -0.360 e. The van der Waals surface area contributed by atoms with Gasteiger partial charge in [0.1, 0.15) is 10.6 Å². The Morgan fingerprint density at radius 1 is 1.17 bits per heavy atom. The Kier molecular flexibility index (Phi) is 4.78. The minimum absolute atomic E-state index is 0.133. The summed E-state index contributed by atoms with van der Waals surface area (Å²) in [6.07, 6.45) is 3.80. The Bertz CT molecular complexity index is 807. The number of rotatable bonds is 3. The van der Waals surface area contributed by atoms with Gasteiger partial charge in [0.15, 0.2) is 5.76 Å². The fourth-order valence-corrected chi connectivity index (χ4v) is 5.52. The van der Waals surface area contributed by atoms with Gasteiger partial charge in [-0.1, -0.05) is 47.8 Å². The summed E-state index contributed by atoms with van der Waals surface area (Å²) in [6, 6.07) is 8.01. The Labute approximate surface area is 143 Å². The molecule has 0 saturated carbocycles. The molecule has 0 radical (unpaired) electrons. The fraction of sp³-hybridized carbons (Fsp3) is 0.500. The third-order valence-corrected chi connectivity index (χ3v) is 6.82. The van der Waals surface area contributed by atoms with Gasteiger partial charge in [0.25, 0.3) is 0 Å². The van der Waals surface area contributed by atoms with Gasteiger partial charge < -0.3 is 4.52 Å². The first-order valence-corrected chi connectivity index (χ1v) is 9.86. The van der Waals surface area contributed by atoms with E-state index in [2.05, 4.69) is 11.2 Å². The number of aromatic nitrogens is 1. The van der Waals surface area contributed by atoms with Crippen molar-refractivity contribution in [3.63, 3.8) is 0 Å². The topological polar surface area (TPSA) is 63.4 Å². The molecule has 0 unspecified atom stereocenters. The second kappa shape index (κ2) is 6.69. The lowest BCUT2D eigenvalue weighted by molar-refractivity contribution is 0.327. The van der Waals surface area contributed by atoms with Gasteiger partial charge in [-0.15, -0.1) is 0 Å². The average Bonchev–Trinajstić information content (AvgIpc) is 2.75. The van der Waals surface area contributed by atoms with E-state index >= 15 is 0 Å². The molecule has 1 aliphatic heterocycles. The quantitative estimate of drug-likeness (QED) is 0.844. The molecule has 5 nitrogen and oxygen atoms in total. The highest BCUT2D eigenvalue weighted by Crippen LogP contribution is 2.36. The van der Waals surface area contributed by atoms with Crippen molar-refractivity contribution in [2.45, 2.75) is 57.4 Å². The van der Waals surface area contributed by atoms with Crippen molar-refractivity contribution in [1.82, 2.24) is 9.46 Å². The Hall–Kier alpha value is -1.66. The van der Waals surface area contributed by atoms with Gasteiger partial charge in [0.05, 0.1) is 6.04 Å². The third kappa shape index (κ3) is 3.13. The molecule has 2 aromatic rings. The number of hydrogen-bond donors (Lipinski definition) is 0. The van der Waals surface area contributed by atoms with E-state index in [0.717, 1.165) is 36.8 Å². The van der Waals surface area contributed by atoms with Crippen LogP contribution in [-0.4, -0.2) is 24.4 Å². The molecule has 3 rings (SSSR count). The van der Waals surface area contributed by atoms with Gasteiger partial charge in [0.2, 0.25) is 10.0 Å². The van der Waals surface area contributed by atoms with Crippen LogP contribution < -0.4 is 0 Å². The normalized spacial score (nSPS) is 20.0. The van der Waals surface area contributed by atoms with E-state index in [1.54, 1.807) is 18.2 Å². The highest BCUT2D eigenvalue weighted by atomic mass is 32.2. The monoisotopic (exact) mass is 348 g/mol. The van der Waals surface area contributed by atoms with Gasteiger partial charge >= 0.3 is 0 Å². The summed E-state index contributed by atoms with van der Waals surface area (Å²) in [5.41, 5.74) is 2.64. The summed E-state index contributed by atoms with van der Waals surface area (Å²) in [7, 11) is -3.64. The molecular weight excluding hydrogens is 324 g/mol. The van der Waals surface area contributed by atoms with Gasteiger partial charge in [-0.2, -0.15) is 4.31 Å². The Balaban J connectivity index is 2.08. The molecule has 1 aromatic heterocycles. The lowest BCUT2D eigenvalue weighted by atomic mass is 10.0. The molecule has 0 spiro atoms. The second-order valence-corrected chi connectivity index (χ2v) is 8.38. The van der Waals surface area contributed by atoms with E-state index in [0.29, 0.717) is 18.0 Å². The number of sulfonamides is 1. The van der Waals surface area contributed by atoms with E-state index in [9.17, 15) is 8.42 Å². The lowest BCUT2D eigenvalue weighted by Crippen LogP contribution is -2.35. The first-order chi connectivity index (χ1) is 11.4. The molecule has 1 aliphatic rings. The Morgan fingerprint density at radius 2 is 1.96 bits per heavy atom. The van der Waals surface area contributed by atoms with Crippen LogP contribution in [0.3, 0.4) is 0 Å².